The minimum Gasteiger partial charge on any atom is -0.507 e. The fourth-order valence-electron chi connectivity index (χ4n) is 2.32. The minimum absolute atomic E-state index is 0.0246. The van der Waals surface area contributed by atoms with Crippen molar-refractivity contribution in [1.29, 1.82) is 0 Å². The quantitative estimate of drug-likeness (QED) is 0.498. The largest absolute Gasteiger partial charge is 0.507 e. The first-order chi connectivity index (χ1) is 12.3. The van der Waals surface area contributed by atoms with Gasteiger partial charge in [0.05, 0.1) is 16.4 Å². The second-order valence-corrected chi connectivity index (χ2v) is 6.39. The molecule has 3 rings (SSSR count). The van der Waals surface area contributed by atoms with E-state index in [1.807, 2.05) is 0 Å². The first kappa shape index (κ1) is 17.6. The zero-order valence-corrected chi connectivity index (χ0v) is 13.9. The molecule has 26 heavy (non-hydrogen) atoms. The van der Waals surface area contributed by atoms with Gasteiger partial charge in [0.1, 0.15) is 11.6 Å². The van der Waals surface area contributed by atoms with Crippen LogP contribution in [0.5, 0.6) is 5.75 Å². The summed E-state index contributed by atoms with van der Waals surface area (Å²) in [5.74, 6) is -1.26. The van der Waals surface area contributed by atoms with Crippen LogP contribution in [0.1, 0.15) is 11.1 Å². The number of nitro groups is 1. The summed E-state index contributed by atoms with van der Waals surface area (Å²) in [7, 11) is 0. The van der Waals surface area contributed by atoms with Crippen molar-refractivity contribution in [2.45, 2.75) is 6.54 Å². The van der Waals surface area contributed by atoms with Crippen LogP contribution in [0, 0.1) is 15.9 Å². The van der Waals surface area contributed by atoms with E-state index in [0.717, 1.165) is 23.1 Å². The molecule has 0 radical (unpaired) electrons. The molecule has 2 aromatic carbocycles. The Morgan fingerprint density at radius 2 is 1.88 bits per heavy atom. The number of aromatic hydroxyl groups is 1. The highest BCUT2D eigenvalue weighted by Gasteiger charge is 2.35. The van der Waals surface area contributed by atoms with Crippen LogP contribution < -0.4 is 0 Å². The van der Waals surface area contributed by atoms with Crippen LogP contribution in [-0.4, -0.2) is 26.1 Å². The molecule has 1 saturated heterocycles. The molecular formula is C17H11FN2O5S. The third-order valence-corrected chi connectivity index (χ3v) is 4.54. The van der Waals surface area contributed by atoms with Gasteiger partial charge in [-0.05, 0) is 41.6 Å². The van der Waals surface area contributed by atoms with E-state index in [1.54, 1.807) is 0 Å². The van der Waals surface area contributed by atoms with E-state index < -0.39 is 21.9 Å². The van der Waals surface area contributed by atoms with Gasteiger partial charge in [0.2, 0.25) is 0 Å². The second kappa shape index (κ2) is 6.96. The summed E-state index contributed by atoms with van der Waals surface area (Å²) in [5, 5.41) is 20.2. The fraction of sp³-hybridized carbons (Fsp3) is 0.0588. The van der Waals surface area contributed by atoms with E-state index in [2.05, 4.69) is 0 Å². The van der Waals surface area contributed by atoms with Crippen LogP contribution >= 0.6 is 11.8 Å². The van der Waals surface area contributed by atoms with E-state index in [4.69, 9.17) is 0 Å². The highest BCUT2D eigenvalue weighted by atomic mass is 32.2. The molecule has 1 N–H and O–H groups in total. The number of carbonyl (C=O) groups excluding carboxylic acids is 2. The zero-order valence-electron chi connectivity index (χ0n) is 13.1. The Balaban J connectivity index is 1.86. The summed E-state index contributed by atoms with van der Waals surface area (Å²) in [6.07, 6.45) is 1.23. The van der Waals surface area contributed by atoms with Crippen LogP contribution in [0.4, 0.5) is 14.9 Å². The van der Waals surface area contributed by atoms with Gasteiger partial charge in [0.15, 0.2) is 0 Å². The minimum atomic E-state index is -0.628. The van der Waals surface area contributed by atoms with Gasteiger partial charge >= 0.3 is 0 Å². The van der Waals surface area contributed by atoms with Gasteiger partial charge < -0.3 is 5.11 Å². The molecule has 0 spiro atoms. The SMILES string of the molecule is O=C1S/C(=C\c2cc([N+](=O)[O-])ccc2O)C(=O)N1Cc1ccc(F)cc1. The maximum absolute atomic E-state index is 13.0. The Morgan fingerprint density at radius 3 is 2.54 bits per heavy atom. The highest BCUT2D eigenvalue weighted by molar-refractivity contribution is 8.18. The van der Waals surface area contributed by atoms with Crippen molar-refractivity contribution in [3.05, 3.63) is 74.4 Å². The van der Waals surface area contributed by atoms with Crippen molar-refractivity contribution in [2.75, 3.05) is 0 Å². The molecule has 7 nitrogen and oxygen atoms in total. The second-order valence-electron chi connectivity index (χ2n) is 5.39. The lowest BCUT2D eigenvalue weighted by atomic mass is 10.1. The van der Waals surface area contributed by atoms with E-state index in [1.165, 1.54) is 30.3 Å². The molecule has 0 aliphatic carbocycles. The number of hydrogen-bond donors (Lipinski definition) is 1. The lowest BCUT2D eigenvalue weighted by molar-refractivity contribution is -0.384. The van der Waals surface area contributed by atoms with E-state index in [9.17, 15) is 29.2 Å². The van der Waals surface area contributed by atoms with Gasteiger partial charge in [-0.1, -0.05) is 12.1 Å². The highest BCUT2D eigenvalue weighted by Crippen LogP contribution is 2.35. The maximum Gasteiger partial charge on any atom is 0.293 e. The molecule has 0 atom stereocenters. The summed E-state index contributed by atoms with van der Waals surface area (Å²) in [6, 6.07) is 8.78. The summed E-state index contributed by atoms with van der Waals surface area (Å²) >= 11 is 0.665. The van der Waals surface area contributed by atoms with Crippen molar-refractivity contribution < 1.29 is 24.0 Å². The number of phenols is 1. The first-order valence-electron chi connectivity index (χ1n) is 7.32. The third-order valence-electron chi connectivity index (χ3n) is 3.64. The van der Waals surface area contributed by atoms with Crippen LogP contribution in [0.25, 0.3) is 6.08 Å². The smallest absolute Gasteiger partial charge is 0.293 e. The number of hydrogen-bond acceptors (Lipinski definition) is 6. The normalized spacial score (nSPS) is 15.7. The first-order valence-corrected chi connectivity index (χ1v) is 8.14. The lowest BCUT2D eigenvalue weighted by Gasteiger charge is -2.12. The topological polar surface area (TPSA) is 101 Å². The summed E-state index contributed by atoms with van der Waals surface area (Å²) in [6.45, 7) is -0.0246. The number of rotatable bonds is 4. The van der Waals surface area contributed by atoms with Gasteiger partial charge in [-0.15, -0.1) is 0 Å². The summed E-state index contributed by atoms with van der Waals surface area (Å²) in [4.78, 5) is 35.8. The van der Waals surface area contributed by atoms with E-state index in [-0.39, 0.29) is 28.5 Å². The predicted octanol–water partition coefficient (Wildman–Crippen LogP) is 3.68. The average Bonchev–Trinajstić information content (AvgIpc) is 2.86. The molecule has 1 aliphatic heterocycles. The van der Waals surface area contributed by atoms with Crippen molar-refractivity contribution in [3.63, 3.8) is 0 Å². The van der Waals surface area contributed by atoms with Crippen molar-refractivity contribution in [1.82, 2.24) is 4.90 Å². The molecule has 132 valence electrons. The molecule has 2 aromatic rings. The number of nitrogens with zero attached hydrogens (tertiary/aromatic N) is 2. The number of amides is 2. The Kier molecular flexibility index (Phi) is 4.72. The van der Waals surface area contributed by atoms with Crippen LogP contribution in [-0.2, 0) is 11.3 Å². The monoisotopic (exact) mass is 374 g/mol. The van der Waals surface area contributed by atoms with E-state index >= 15 is 0 Å². The number of halogens is 1. The van der Waals surface area contributed by atoms with Crippen molar-refractivity contribution in [2.24, 2.45) is 0 Å². The van der Waals surface area contributed by atoms with Gasteiger partial charge in [-0.2, -0.15) is 0 Å². The van der Waals surface area contributed by atoms with Crippen LogP contribution in [0.2, 0.25) is 0 Å². The maximum atomic E-state index is 13.0. The summed E-state index contributed by atoms with van der Waals surface area (Å²) in [5.41, 5.74) is 0.388. The summed E-state index contributed by atoms with van der Waals surface area (Å²) < 4.78 is 13.0. The third kappa shape index (κ3) is 3.57. The number of thioether (sulfide) groups is 1. The zero-order chi connectivity index (χ0) is 18.8. The average molecular weight is 374 g/mol. The molecule has 0 saturated carbocycles. The van der Waals surface area contributed by atoms with Crippen molar-refractivity contribution >= 4 is 34.7 Å². The standard InChI is InChI=1S/C17H11FN2O5S/c18-12-3-1-10(2-4-12)9-19-16(22)15(26-17(19)23)8-11-7-13(20(24)25)5-6-14(11)21/h1-8,21H,9H2/b15-8-. The van der Waals surface area contributed by atoms with Gasteiger partial charge in [0.25, 0.3) is 16.8 Å². The molecular weight excluding hydrogens is 363 g/mol. The van der Waals surface area contributed by atoms with Crippen LogP contribution in [0.3, 0.4) is 0 Å². The lowest BCUT2D eigenvalue weighted by Crippen LogP contribution is -2.27. The van der Waals surface area contributed by atoms with Crippen molar-refractivity contribution in [3.8, 4) is 5.75 Å². The number of imide groups is 1. The Hall–Kier alpha value is -3.20. The predicted molar refractivity (Wildman–Crippen MR) is 92.7 cm³/mol. The Morgan fingerprint density at radius 1 is 1.19 bits per heavy atom. The Bertz CT molecular complexity index is 943. The number of benzene rings is 2. The van der Waals surface area contributed by atoms with Gasteiger partial charge in [-0.25, -0.2) is 4.39 Å². The number of non-ortho nitro benzene ring substituents is 1. The number of phenolic OH excluding ortho intramolecular Hbond substituents is 1. The Labute approximate surface area is 150 Å². The van der Waals surface area contributed by atoms with E-state index in [0.29, 0.717) is 17.3 Å². The molecule has 2 amide bonds. The molecule has 9 heteroatoms. The molecule has 1 aliphatic rings. The number of nitro benzene ring substituents is 1. The van der Waals surface area contributed by atoms with Gasteiger partial charge in [-0.3, -0.25) is 24.6 Å². The molecule has 0 unspecified atom stereocenters. The number of carbonyl (C=O) groups is 2. The molecule has 0 aromatic heterocycles. The fourth-order valence-corrected chi connectivity index (χ4v) is 3.15. The molecule has 1 fully saturated rings. The molecule has 0 bridgehead atoms. The molecule has 1 heterocycles. The van der Waals surface area contributed by atoms with Crippen LogP contribution in [0.15, 0.2) is 47.4 Å². The van der Waals surface area contributed by atoms with Gasteiger partial charge in [0, 0.05) is 17.7 Å².